The molecule has 0 aromatic carbocycles. The lowest BCUT2D eigenvalue weighted by molar-refractivity contribution is -0.225. The van der Waals surface area contributed by atoms with E-state index in [1.807, 2.05) is 19.8 Å². The normalized spacial score (nSPS) is 35.0. The predicted octanol–water partition coefficient (Wildman–Crippen LogP) is 0.0758. The van der Waals surface area contributed by atoms with Crippen LogP contribution in [-0.4, -0.2) is 62.5 Å². The Morgan fingerprint density at radius 2 is 2.29 bits per heavy atom. The lowest BCUT2D eigenvalue weighted by Crippen LogP contribution is -2.62. The third kappa shape index (κ3) is 2.92. The Hall–Kier alpha value is -1.14. The highest BCUT2D eigenvalue weighted by Gasteiger charge is 2.62. The number of methoxy groups -OCH3 is 1. The molecule has 0 spiro atoms. The van der Waals surface area contributed by atoms with Crippen LogP contribution in [0.25, 0.3) is 0 Å². The van der Waals surface area contributed by atoms with E-state index in [4.69, 9.17) is 24.3 Å². The van der Waals surface area contributed by atoms with Crippen LogP contribution in [0.5, 0.6) is 0 Å². The van der Waals surface area contributed by atoms with E-state index >= 15 is 0 Å². The molecule has 116 valence electrons. The summed E-state index contributed by atoms with van der Waals surface area (Å²) in [6, 6.07) is 0. The molecule has 3 atom stereocenters. The van der Waals surface area contributed by atoms with Crippen molar-refractivity contribution in [1.82, 2.24) is 4.97 Å². The van der Waals surface area contributed by atoms with Gasteiger partial charge in [-0.15, -0.1) is 0 Å². The first-order valence-electron chi connectivity index (χ1n) is 6.84. The summed E-state index contributed by atoms with van der Waals surface area (Å²) < 4.78 is 17.0. The highest BCUT2D eigenvalue weighted by molar-refractivity contribution is 6.41. The number of carbonyl (C=O) groups excluding carboxylic acids is 1. The first-order chi connectivity index (χ1) is 9.85. The number of carbonyl (C=O) groups is 1. The molecule has 0 unspecified atom stereocenters. The molecule has 2 saturated heterocycles. The van der Waals surface area contributed by atoms with Gasteiger partial charge in [-0.3, -0.25) is 10.1 Å². The van der Waals surface area contributed by atoms with Crippen molar-refractivity contribution in [3.05, 3.63) is 0 Å². The Kier molecular flexibility index (Phi) is 4.59. The summed E-state index contributed by atoms with van der Waals surface area (Å²) in [5.74, 6) is 1.55. The molecule has 7 nitrogen and oxygen atoms in total. The van der Waals surface area contributed by atoms with E-state index in [1.54, 1.807) is 7.11 Å². The Bertz CT molecular complexity index is 452. The monoisotopic (exact) mass is 295 g/mol. The standard InChI is InChI=1S/C13H20BN2O5/c1-9(17)19-6-11-13(18-4)7-16(14-8-15)20-5-10(13)12(2,3)21-11/h10-11H,5-7H2,1-4H3/q-1/t10-,11-,13+/m1/s1. The molecule has 0 bridgehead atoms. The highest BCUT2D eigenvalue weighted by Crippen LogP contribution is 2.48. The van der Waals surface area contributed by atoms with Gasteiger partial charge in [0.2, 0.25) is 0 Å². The molecule has 0 aromatic rings. The van der Waals surface area contributed by atoms with Crippen LogP contribution >= 0.6 is 0 Å². The second kappa shape index (κ2) is 5.93. The van der Waals surface area contributed by atoms with Crippen LogP contribution in [0.1, 0.15) is 20.8 Å². The summed E-state index contributed by atoms with van der Waals surface area (Å²) in [5, 5.41) is 8.79. The molecule has 8 heteroatoms. The maximum atomic E-state index is 11.1. The molecule has 0 aliphatic carbocycles. The maximum Gasteiger partial charge on any atom is 0.302 e. The number of nitrogens with zero attached hydrogens (tertiary/aromatic N) is 2. The number of hydrogen-bond donors (Lipinski definition) is 0. The van der Waals surface area contributed by atoms with Crippen LogP contribution in [0.2, 0.25) is 0 Å². The number of rotatable bonds is 4. The van der Waals surface area contributed by atoms with Crippen molar-refractivity contribution in [3.8, 4) is 5.97 Å². The Morgan fingerprint density at radius 3 is 2.86 bits per heavy atom. The molecule has 0 amide bonds. The lowest BCUT2D eigenvalue weighted by Gasteiger charge is -2.50. The second-order valence-corrected chi connectivity index (χ2v) is 5.85. The molecular formula is C13H20BN2O5-. The van der Waals surface area contributed by atoms with Crippen molar-refractivity contribution >= 4 is 13.4 Å². The summed E-state index contributed by atoms with van der Waals surface area (Å²) in [7, 11) is 2.90. The van der Waals surface area contributed by atoms with Gasteiger partial charge in [-0.1, -0.05) is 7.41 Å². The molecule has 2 heterocycles. The summed E-state index contributed by atoms with van der Waals surface area (Å²) >= 11 is 0. The molecule has 2 aliphatic heterocycles. The van der Waals surface area contributed by atoms with E-state index in [1.165, 1.54) is 19.3 Å². The van der Waals surface area contributed by atoms with Crippen molar-refractivity contribution in [2.24, 2.45) is 5.92 Å². The van der Waals surface area contributed by atoms with Crippen LogP contribution in [0, 0.1) is 17.1 Å². The van der Waals surface area contributed by atoms with E-state index < -0.39 is 17.3 Å². The van der Waals surface area contributed by atoms with E-state index in [2.05, 4.69) is 0 Å². The van der Waals surface area contributed by atoms with Crippen molar-refractivity contribution in [2.75, 3.05) is 26.9 Å². The number of nitriles is 1. The molecular weight excluding hydrogens is 275 g/mol. The lowest BCUT2D eigenvalue weighted by atomic mass is 9.75. The van der Waals surface area contributed by atoms with Gasteiger partial charge in [0.15, 0.2) is 0 Å². The molecule has 2 aliphatic rings. The first kappa shape index (κ1) is 16.2. The van der Waals surface area contributed by atoms with Crippen molar-refractivity contribution in [2.45, 2.75) is 38.1 Å². The average Bonchev–Trinajstić information content (AvgIpc) is 2.65. The smallest absolute Gasteiger partial charge is 0.302 e. The van der Waals surface area contributed by atoms with Gasteiger partial charge >= 0.3 is 5.97 Å². The third-order valence-corrected chi connectivity index (χ3v) is 4.25. The summed E-state index contributed by atoms with van der Waals surface area (Å²) in [4.78, 5) is 18.1. The first-order valence-corrected chi connectivity index (χ1v) is 6.84. The fraction of sp³-hybridized carbons (Fsp3) is 0.846. The topological polar surface area (TPSA) is 81.0 Å². The Morgan fingerprint density at radius 1 is 1.57 bits per heavy atom. The zero-order valence-electron chi connectivity index (χ0n) is 12.8. The minimum atomic E-state index is -0.690. The van der Waals surface area contributed by atoms with Gasteiger partial charge in [0.25, 0.3) is 0 Å². The minimum absolute atomic E-state index is 0.0288. The Labute approximate surface area is 125 Å². The van der Waals surface area contributed by atoms with E-state index in [0.29, 0.717) is 13.2 Å². The number of fused-ring (bicyclic) bond motifs is 1. The van der Waals surface area contributed by atoms with Gasteiger partial charge < -0.3 is 24.0 Å². The van der Waals surface area contributed by atoms with Gasteiger partial charge in [-0.05, 0) is 13.8 Å². The summed E-state index contributed by atoms with van der Waals surface area (Å²) in [6.45, 7) is 6.12. The highest BCUT2D eigenvalue weighted by atomic mass is 16.7. The third-order valence-electron chi connectivity index (χ3n) is 4.25. The van der Waals surface area contributed by atoms with Crippen LogP contribution in [0.15, 0.2) is 0 Å². The SMILES string of the molecule is CO[C@@]12CN([B-]C#N)OC[C@@H]1C(C)(C)O[C@@H]2COC(C)=O. The van der Waals surface area contributed by atoms with E-state index in [-0.39, 0.29) is 18.5 Å². The molecule has 0 saturated carbocycles. The van der Waals surface area contributed by atoms with Gasteiger partial charge in [0, 0.05) is 26.5 Å². The molecule has 2 fully saturated rings. The second-order valence-electron chi connectivity index (χ2n) is 5.85. The van der Waals surface area contributed by atoms with E-state index in [9.17, 15) is 4.79 Å². The molecule has 0 aromatic heterocycles. The van der Waals surface area contributed by atoms with Gasteiger partial charge in [-0.25, -0.2) is 5.97 Å². The zero-order valence-corrected chi connectivity index (χ0v) is 12.8. The fourth-order valence-electron chi connectivity index (χ4n) is 3.23. The number of hydroxylamine groups is 1. The summed E-state index contributed by atoms with van der Waals surface area (Å²) in [5.41, 5.74) is -1.16. The van der Waals surface area contributed by atoms with Crippen LogP contribution in [-0.2, 0) is 23.8 Å². The molecule has 0 N–H and O–H groups in total. The van der Waals surface area contributed by atoms with Crippen LogP contribution < -0.4 is 0 Å². The van der Waals surface area contributed by atoms with Gasteiger partial charge in [0.05, 0.1) is 12.2 Å². The average molecular weight is 295 g/mol. The quantitative estimate of drug-likeness (QED) is 0.536. The van der Waals surface area contributed by atoms with Crippen molar-refractivity contribution in [1.29, 1.82) is 5.26 Å². The fourth-order valence-corrected chi connectivity index (χ4v) is 3.23. The largest absolute Gasteiger partial charge is 0.463 e. The number of hydrogen-bond acceptors (Lipinski definition) is 7. The predicted molar refractivity (Wildman–Crippen MR) is 72.8 cm³/mol. The molecule has 2 radical (unpaired) electrons. The number of esters is 1. The van der Waals surface area contributed by atoms with Gasteiger partial charge in [-0.2, -0.15) is 0 Å². The maximum absolute atomic E-state index is 11.1. The summed E-state index contributed by atoms with van der Waals surface area (Å²) in [6.07, 6.45) is -0.412. The van der Waals surface area contributed by atoms with Gasteiger partial charge in [0.1, 0.15) is 18.3 Å². The molecule has 2 rings (SSSR count). The van der Waals surface area contributed by atoms with Crippen LogP contribution in [0.3, 0.4) is 0 Å². The zero-order chi connectivity index (χ0) is 15.7. The molecule has 21 heavy (non-hydrogen) atoms. The van der Waals surface area contributed by atoms with Crippen molar-refractivity contribution < 1.29 is 23.8 Å². The van der Waals surface area contributed by atoms with Crippen molar-refractivity contribution in [3.63, 3.8) is 0 Å². The minimum Gasteiger partial charge on any atom is -0.463 e. The van der Waals surface area contributed by atoms with Crippen LogP contribution in [0.4, 0.5) is 0 Å². The Balaban J connectivity index is 2.24. The number of ether oxygens (including phenoxy) is 3. The van der Waals surface area contributed by atoms with E-state index in [0.717, 1.165) is 0 Å².